The largest absolute Gasteiger partial charge is 0.349 e. The van der Waals surface area contributed by atoms with Gasteiger partial charge in [-0.1, -0.05) is 42.0 Å². The van der Waals surface area contributed by atoms with E-state index in [0.29, 0.717) is 5.69 Å². The molecule has 0 fully saturated rings. The Balaban J connectivity index is 1.77. The van der Waals surface area contributed by atoms with Crippen molar-refractivity contribution in [3.05, 3.63) is 72.3 Å². The second-order valence-corrected chi connectivity index (χ2v) is 6.27. The van der Waals surface area contributed by atoms with Gasteiger partial charge in [0.2, 0.25) is 11.8 Å². The van der Waals surface area contributed by atoms with Gasteiger partial charge in [-0.3, -0.25) is 9.59 Å². The average Bonchev–Trinajstić information content (AvgIpc) is 3.16. The lowest BCUT2D eigenvalue weighted by Gasteiger charge is -2.19. The van der Waals surface area contributed by atoms with Crippen molar-refractivity contribution in [3.8, 4) is 5.69 Å². The predicted octanol–water partition coefficient (Wildman–Crippen LogP) is 2.78. The van der Waals surface area contributed by atoms with Gasteiger partial charge in [-0.05, 0) is 24.6 Å². The lowest BCUT2D eigenvalue weighted by Crippen LogP contribution is -2.30. The molecule has 0 aliphatic carbocycles. The van der Waals surface area contributed by atoms with Gasteiger partial charge in [0.05, 0.1) is 23.8 Å². The lowest BCUT2D eigenvalue weighted by atomic mass is 10.0. The van der Waals surface area contributed by atoms with Crippen LogP contribution in [0.25, 0.3) is 5.69 Å². The van der Waals surface area contributed by atoms with E-state index in [1.54, 1.807) is 17.1 Å². The standard InChI is InChI=1S/C20H21N5O2/c1-14-7-9-16(10-8-14)18(23-15(2)26)11-20(27)24-17-5-3-4-6-19(17)25-13-21-12-22-25/h3-10,12-13,18H,11H2,1-2H3,(H,23,26)(H,24,27). The summed E-state index contributed by atoms with van der Waals surface area (Å²) in [5, 5.41) is 9.86. The van der Waals surface area contributed by atoms with Crippen molar-refractivity contribution in [1.82, 2.24) is 20.1 Å². The quantitative estimate of drug-likeness (QED) is 0.705. The van der Waals surface area contributed by atoms with Gasteiger partial charge in [0.15, 0.2) is 0 Å². The topological polar surface area (TPSA) is 88.9 Å². The normalized spacial score (nSPS) is 11.6. The van der Waals surface area contributed by atoms with E-state index in [9.17, 15) is 9.59 Å². The summed E-state index contributed by atoms with van der Waals surface area (Å²) in [5.41, 5.74) is 3.34. The minimum absolute atomic E-state index is 0.119. The van der Waals surface area contributed by atoms with E-state index >= 15 is 0 Å². The SMILES string of the molecule is CC(=O)NC(CC(=O)Nc1ccccc1-n1cncn1)c1ccc(C)cc1. The Labute approximate surface area is 157 Å². The Kier molecular flexibility index (Phi) is 5.61. The van der Waals surface area contributed by atoms with Gasteiger partial charge >= 0.3 is 0 Å². The van der Waals surface area contributed by atoms with E-state index in [0.717, 1.165) is 16.8 Å². The highest BCUT2D eigenvalue weighted by Crippen LogP contribution is 2.22. The maximum Gasteiger partial charge on any atom is 0.226 e. The summed E-state index contributed by atoms with van der Waals surface area (Å²) in [4.78, 5) is 28.2. The summed E-state index contributed by atoms with van der Waals surface area (Å²) in [6.07, 6.45) is 3.12. The number of nitrogens with zero attached hydrogens (tertiary/aromatic N) is 3. The van der Waals surface area contributed by atoms with Crippen molar-refractivity contribution in [3.63, 3.8) is 0 Å². The summed E-state index contributed by atoms with van der Waals surface area (Å²) >= 11 is 0. The minimum atomic E-state index is -0.401. The van der Waals surface area contributed by atoms with E-state index < -0.39 is 6.04 Å². The van der Waals surface area contributed by atoms with E-state index in [-0.39, 0.29) is 18.2 Å². The van der Waals surface area contributed by atoms with Crippen molar-refractivity contribution in [1.29, 1.82) is 0 Å². The molecule has 0 radical (unpaired) electrons. The van der Waals surface area contributed by atoms with Crippen LogP contribution in [0.3, 0.4) is 0 Å². The van der Waals surface area contributed by atoms with Gasteiger partial charge in [0, 0.05) is 6.92 Å². The molecule has 2 aromatic carbocycles. The van der Waals surface area contributed by atoms with Crippen LogP contribution in [0.5, 0.6) is 0 Å². The molecule has 1 atom stereocenters. The second kappa shape index (κ2) is 8.27. The third-order valence-electron chi connectivity index (χ3n) is 4.09. The number of aromatic nitrogens is 3. The van der Waals surface area contributed by atoms with E-state index in [2.05, 4.69) is 20.7 Å². The number of hydrogen-bond acceptors (Lipinski definition) is 4. The Morgan fingerprint density at radius 2 is 1.85 bits per heavy atom. The number of amides is 2. The molecule has 1 unspecified atom stereocenters. The first-order valence-corrected chi connectivity index (χ1v) is 8.60. The van der Waals surface area contributed by atoms with Crippen LogP contribution in [0.2, 0.25) is 0 Å². The van der Waals surface area contributed by atoms with E-state index in [4.69, 9.17) is 0 Å². The highest BCUT2D eigenvalue weighted by molar-refractivity contribution is 5.93. The third-order valence-corrected chi connectivity index (χ3v) is 4.09. The molecule has 0 saturated heterocycles. The molecule has 0 aliphatic heterocycles. The number of hydrogen-bond donors (Lipinski definition) is 2. The Hall–Kier alpha value is -3.48. The van der Waals surface area contributed by atoms with Crippen LogP contribution in [0.1, 0.15) is 30.5 Å². The second-order valence-electron chi connectivity index (χ2n) is 6.27. The maximum atomic E-state index is 12.7. The van der Waals surface area contributed by atoms with Crippen LogP contribution in [0.4, 0.5) is 5.69 Å². The van der Waals surface area contributed by atoms with Gasteiger partial charge in [0.1, 0.15) is 12.7 Å². The predicted molar refractivity (Wildman–Crippen MR) is 102 cm³/mol. The van der Waals surface area contributed by atoms with Crippen LogP contribution >= 0.6 is 0 Å². The lowest BCUT2D eigenvalue weighted by molar-refractivity contribution is -0.120. The smallest absolute Gasteiger partial charge is 0.226 e. The van der Waals surface area contributed by atoms with Gasteiger partial charge in [-0.25, -0.2) is 9.67 Å². The van der Waals surface area contributed by atoms with Crippen LogP contribution in [0, 0.1) is 6.92 Å². The molecule has 0 bridgehead atoms. The summed E-state index contributed by atoms with van der Waals surface area (Å²) in [6.45, 7) is 3.43. The summed E-state index contributed by atoms with van der Waals surface area (Å²) in [5.74, 6) is -0.390. The molecular formula is C20H21N5O2. The number of nitrogens with one attached hydrogen (secondary N) is 2. The molecule has 7 nitrogen and oxygen atoms in total. The third kappa shape index (κ3) is 4.78. The van der Waals surface area contributed by atoms with Gasteiger partial charge in [-0.2, -0.15) is 5.10 Å². The Morgan fingerprint density at radius 3 is 2.52 bits per heavy atom. The highest BCUT2D eigenvalue weighted by Gasteiger charge is 2.18. The van der Waals surface area contributed by atoms with Crippen molar-refractivity contribution in [2.45, 2.75) is 26.3 Å². The molecular weight excluding hydrogens is 342 g/mol. The van der Waals surface area contributed by atoms with Crippen molar-refractivity contribution < 1.29 is 9.59 Å². The first-order chi connectivity index (χ1) is 13.0. The number of carbonyl (C=O) groups excluding carboxylic acids is 2. The number of carbonyl (C=O) groups is 2. The fourth-order valence-electron chi connectivity index (χ4n) is 2.79. The molecule has 3 rings (SSSR count). The van der Waals surface area contributed by atoms with Gasteiger partial charge in [0.25, 0.3) is 0 Å². The van der Waals surface area contributed by atoms with E-state index in [1.807, 2.05) is 49.4 Å². The number of anilines is 1. The summed E-state index contributed by atoms with van der Waals surface area (Å²) in [6, 6.07) is 14.7. The molecule has 1 heterocycles. The fourth-order valence-corrected chi connectivity index (χ4v) is 2.79. The molecule has 138 valence electrons. The summed E-state index contributed by atoms with van der Waals surface area (Å²) < 4.78 is 1.58. The van der Waals surface area contributed by atoms with Crippen molar-refractivity contribution >= 4 is 17.5 Å². The van der Waals surface area contributed by atoms with Crippen molar-refractivity contribution in [2.24, 2.45) is 0 Å². The molecule has 1 aromatic heterocycles. The monoisotopic (exact) mass is 363 g/mol. The zero-order chi connectivity index (χ0) is 19.2. The van der Waals surface area contributed by atoms with Gasteiger partial charge < -0.3 is 10.6 Å². The molecule has 2 amide bonds. The van der Waals surface area contributed by atoms with E-state index in [1.165, 1.54) is 13.3 Å². The van der Waals surface area contributed by atoms with Crippen LogP contribution in [-0.2, 0) is 9.59 Å². The number of para-hydroxylation sites is 2. The first-order valence-electron chi connectivity index (χ1n) is 8.60. The zero-order valence-corrected chi connectivity index (χ0v) is 15.2. The highest BCUT2D eigenvalue weighted by atomic mass is 16.2. The molecule has 27 heavy (non-hydrogen) atoms. The van der Waals surface area contributed by atoms with Crippen LogP contribution in [-0.4, -0.2) is 26.6 Å². The maximum absolute atomic E-state index is 12.7. The molecule has 2 N–H and O–H groups in total. The van der Waals surface area contributed by atoms with Gasteiger partial charge in [-0.15, -0.1) is 0 Å². The molecule has 0 spiro atoms. The molecule has 3 aromatic rings. The number of rotatable bonds is 6. The first kappa shape index (κ1) is 18.3. The molecule has 0 aliphatic rings. The average molecular weight is 363 g/mol. The van der Waals surface area contributed by atoms with Crippen molar-refractivity contribution in [2.75, 3.05) is 5.32 Å². The Morgan fingerprint density at radius 1 is 1.11 bits per heavy atom. The Bertz CT molecular complexity index is 920. The number of benzene rings is 2. The van der Waals surface area contributed by atoms with Crippen LogP contribution < -0.4 is 10.6 Å². The fraction of sp³-hybridized carbons (Fsp3) is 0.200. The molecule has 0 saturated carbocycles. The number of aryl methyl sites for hydroxylation is 1. The molecule has 7 heteroatoms. The zero-order valence-electron chi connectivity index (χ0n) is 15.2. The van der Waals surface area contributed by atoms with Crippen LogP contribution in [0.15, 0.2) is 61.2 Å². The minimum Gasteiger partial charge on any atom is -0.349 e. The summed E-state index contributed by atoms with van der Waals surface area (Å²) in [7, 11) is 0.